The third kappa shape index (κ3) is 5.66. The third-order valence-corrected chi connectivity index (χ3v) is 3.34. The maximum atomic E-state index is 12.4. The SMILES string of the molecule is CCC[C@](C)(OCC)C(=O)Nc1ccc(OCCOC)cc1. The largest absolute Gasteiger partial charge is 0.491 e. The first-order valence-electron chi connectivity index (χ1n) is 7.73. The van der Waals surface area contributed by atoms with E-state index in [1.807, 2.05) is 45.0 Å². The Morgan fingerprint density at radius 2 is 1.86 bits per heavy atom. The van der Waals surface area contributed by atoms with Crippen LogP contribution < -0.4 is 10.1 Å². The summed E-state index contributed by atoms with van der Waals surface area (Å²) in [5.74, 6) is 0.625. The highest BCUT2D eigenvalue weighted by molar-refractivity contribution is 5.97. The average Bonchev–Trinajstić information content (AvgIpc) is 2.50. The van der Waals surface area contributed by atoms with Crippen LogP contribution in [0.15, 0.2) is 24.3 Å². The van der Waals surface area contributed by atoms with Gasteiger partial charge in [0.25, 0.3) is 5.91 Å². The van der Waals surface area contributed by atoms with E-state index in [-0.39, 0.29) is 5.91 Å². The van der Waals surface area contributed by atoms with E-state index in [9.17, 15) is 4.79 Å². The van der Waals surface area contributed by atoms with Crippen molar-refractivity contribution in [3.05, 3.63) is 24.3 Å². The number of benzene rings is 1. The first kappa shape index (κ1) is 18.5. The van der Waals surface area contributed by atoms with E-state index in [0.29, 0.717) is 26.2 Å². The minimum atomic E-state index is -0.795. The van der Waals surface area contributed by atoms with Crippen LogP contribution in [-0.2, 0) is 14.3 Å². The van der Waals surface area contributed by atoms with E-state index in [2.05, 4.69) is 5.32 Å². The van der Waals surface area contributed by atoms with Gasteiger partial charge in [0.05, 0.1) is 6.61 Å². The van der Waals surface area contributed by atoms with Crippen LogP contribution in [0.2, 0.25) is 0 Å². The molecule has 0 fully saturated rings. The Kier molecular flexibility index (Phi) is 7.91. The molecule has 1 rings (SSSR count). The van der Waals surface area contributed by atoms with Crippen molar-refractivity contribution in [1.29, 1.82) is 0 Å². The quantitative estimate of drug-likeness (QED) is 0.674. The van der Waals surface area contributed by atoms with Gasteiger partial charge in [0.2, 0.25) is 0 Å². The van der Waals surface area contributed by atoms with Gasteiger partial charge in [-0.05, 0) is 44.5 Å². The van der Waals surface area contributed by atoms with Crippen LogP contribution in [0.5, 0.6) is 5.75 Å². The van der Waals surface area contributed by atoms with E-state index in [1.165, 1.54) is 0 Å². The number of rotatable bonds is 10. The molecule has 22 heavy (non-hydrogen) atoms. The van der Waals surface area contributed by atoms with E-state index in [1.54, 1.807) is 7.11 Å². The molecule has 0 aliphatic carbocycles. The summed E-state index contributed by atoms with van der Waals surface area (Å²) in [4.78, 5) is 12.4. The molecule has 0 radical (unpaired) electrons. The maximum absolute atomic E-state index is 12.4. The molecule has 1 amide bonds. The molecule has 0 saturated heterocycles. The number of carbonyl (C=O) groups is 1. The van der Waals surface area contributed by atoms with Gasteiger partial charge in [-0.25, -0.2) is 0 Å². The van der Waals surface area contributed by atoms with E-state index in [4.69, 9.17) is 14.2 Å². The maximum Gasteiger partial charge on any atom is 0.256 e. The molecule has 1 atom stereocenters. The molecule has 5 heteroatoms. The van der Waals surface area contributed by atoms with Crippen LogP contribution in [0.25, 0.3) is 0 Å². The lowest BCUT2D eigenvalue weighted by Crippen LogP contribution is -2.42. The number of nitrogens with one attached hydrogen (secondary N) is 1. The van der Waals surface area contributed by atoms with Gasteiger partial charge in [0.1, 0.15) is 18.0 Å². The molecule has 0 aliphatic rings. The second kappa shape index (κ2) is 9.43. The van der Waals surface area contributed by atoms with Crippen LogP contribution >= 0.6 is 0 Å². The Hall–Kier alpha value is -1.59. The van der Waals surface area contributed by atoms with Gasteiger partial charge in [-0.15, -0.1) is 0 Å². The number of amides is 1. The molecule has 5 nitrogen and oxygen atoms in total. The van der Waals surface area contributed by atoms with Crippen LogP contribution in [0.1, 0.15) is 33.6 Å². The molecule has 0 spiro atoms. The molecular weight excluding hydrogens is 282 g/mol. The van der Waals surface area contributed by atoms with Crippen LogP contribution in [0, 0.1) is 0 Å². The monoisotopic (exact) mass is 309 g/mol. The zero-order valence-corrected chi connectivity index (χ0v) is 14.0. The molecular formula is C17H27NO4. The molecule has 1 N–H and O–H groups in total. The van der Waals surface area contributed by atoms with E-state index >= 15 is 0 Å². The van der Waals surface area contributed by atoms with Crippen molar-refractivity contribution in [3.63, 3.8) is 0 Å². The lowest BCUT2D eigenvalue weighted by molar-refractivity contribution is -0.139. The highest BCUT2D eigenvalue weighted by atomic mass is 16.5. The molecule has 0 bridgehead atoms. The van der Waals surface area contributed by atoms with Crippen molar-refractivity contribution in [1.82, 2.24) is 0 Å². The Morgan fingerprint density at radius 1 is 1.18 bits per heavy atom. The summed E-state index contributed by atoms with van der Waals surface area (Å²) in [7, 11) is 1.63. The summed E-state index contributed by atoms with van der Waals surface area (Å²) in [6.07, 6.45) is 1.57. The summed E-state index contributed by atoms with van der Waals surface area (Å²) in [6, 6.07) is 7.28. The lowest BCUT2D eigenvalue weighted by atomic mass is 9.99. The topological polar surface area (TPSA) is 56.8 Å². The Bertz CT molecular complexity index is 438. The normalized spacial score (nSPS) is 13.5. The third-order valence-electron chi connectivity index (χ3n) is 3.34. The number of hydrogen-bond donors (Lipinski definition) is 1. The van der Waals surface area contributed by atoms with Crippen LogP contribution in [0.3, 0.4) is 0 Å². The number of carbonyl (C=O) groups excluding carboxylic acids is 1. The van der Waals surface area contributed by atoms with E-state index < -0.39 is 5.60 Å². The number of methoxy groups -OCH3 is 1. The van der Waals surface area contributed by atoms with Crippen molar-refractivity contribution in [2.45, 2.75) is 39.2 Å². The molecule has 1 aromatic rings. The second-order valence-electron chi connectivity index (χ2n) is 5.23. The Balaban J connectivity index is 2.63. The fourth-order valence-corrected chi connectivity index (χ4v) is 2.19. The molecule has 0 saturated carbocycles. The van der Waals surface area contributed by atoms with Crippen molar-refractivity contribution >= 4 is 11.6 Å². The van der Waals surface area contributed by atoms with Crippen molar-refractivity contribution in [2.24, 2.45) is 0 Å². The predicted molar refractivity (Wildman–Crippen MR) is 87.4 cm³/mol. The zero-order chi connectivity index (χ0) is 16.4. The lowest BCUT2D eigenvalue weighted by Gasteiger charge is -2.27. The first-order chi connectivity index (χ1) is 10.6. The van der Waals surface area contributed by atoms with Crippen LogP contribution in [0.4, 0.5) is 5.69 Å². The Labute approximate surface area is 132 Å². The number of ether oxygens (including phenoxy) is 3. The number of anilines is 1. The van der Waals surface area contributed by atoms with Crippen molar-refractivity contribution in [3.8, 4) is 5.75 Å². The van der Waals surface area contributed by atoms with Crippen LogP contribution in [-0.4, -0.2) is 38.4 Å². The summed E-state index contributed by atoms with van der Waals surface area (Å²) in [5, 5.41) is 2.90. The summed E-state index contributed by atoms with van der Waals surface area (Å²) < 4.78 is 16.1. The second-order valence-corrected chi connectivity index (χ2v) is 5.23. The summed E-state index contributed by atoms with van der Waals surface area (Å²) in [5.41, 5.74) is -0.0666. The molecule has 0 aliphatic heterocycles. The van der Waals surface area contributed by atoms with Crippen molar-refractivity contribution < 1.29 is 19.0 Å². The molecule has 0 unspecified atom stereocenters. The van der Waals surface area contributed by atoms with E-state index in [0.717, 1.165) is 17.9 Å². The fourth-order valence-electron chi connectivity index (χ4n) is 2.19. The molecule has 124 valence electrons. The summed E-state index contributed by atoms with van der Waals surface area (Å²) >= 11 is 0. The fraction of sp³-hybridized carbons (Fsp3) is 0.588. The van der Waals surface area contributed by atoms with Gasteiger partial charge in [0, 0.05) is 19.4 Å². The van der Waals surface area contributed by atoms with Gasteiger partial charge >= 0.3 is 0 Å². The van der Waals surface area contributed by atoms with Gasteiger partial charge in [0.15, 0.2) is 0 Å². The first-order valence-corrected chi connectivity index (χ1v) is 7.73. The average molecular weight is 309 g/mol. The highest BCUT2D eigenvalue weighted by Crippen LogP contribution is 2.22. The van der Waals surface area contributed by atoms with Gasteiger partial charge < -0.3 is 19.5 Å². The Morgan fingerprint density at radius 3 is 2.41 bits per heavy atom. The van der Waals surface area contributed by atoms with Gasteiger partial charge in [-0.3, -0.25) is 4.79 Å². The minimum absolute atomic E-state index is 0.121. The van der Waals surface area contributed by atoms with Crippen molar-refractivity contribution in [2.75, 3.05) is 32.2 Å². The predicted octanol–water partition coefficient (Wildman–Crippen LogP) is 3.25. The minimum Gasteiger partial charge on any atom is -0.491 e. The molecule has 0 aromatic heterocycles. The molecule has 0 heterocycles. The number of hydrogen-bond acceptors (Lipinski definition) is 4. The van der Waals surface area contributed by atoms with Gasteiger partial charge in [-0.1, -0.05) is 13.3 Å². The zero-order valence-electron chi connectivity index (χ0n) is 14.0. The highest BCUT2D eigenvalue weighted by Gasteiger charge is 2.32. The van der Waals surface area contributed by atoms with Gasteiger partial charge in [-0.2, -0.15) is 0 Å². The smallest absolute Gasteiger partial charge is 0.256 e. The summed E-state index contributed by atoms with van der Waals surface area (Å²) in [6.45, 7) is 7.32. The molecule has 1 aromatic carbocycles. The standard InChI is InChI=1S/C17H27NO4/c1-5-11-17(3,22-6-2)16(19)18-14-7-9-15(10-8-14)21-13-12-20-4/h7-10H,5-6,11-13H2,1-4H3,(H,18,19)/t17-/m0/s1.